The van der Waals surface area contributed by atoms with Crippen LogP contribution in [0.3, 0.4) is 0 Å². The maximum atomic E-state index is 12.8. The van der Waals surface area contributed by atoms with E-state index in [1.54, 1.807) is 18.2 Å². The van der Waals surface area contributed by atoms with Crippen molar-refractivity contribution in [3.05, 3.63) is 95.6 Å². The molecule has 3 aromatic rings. The molecule has 0 saturated carbocycles. The Kier molecular flexibility index (Phi) is 6.83. The van der Waals surface area contributed by atoms with Crippen LogP contribution in [0.4, 0.5) is 5.69 Å². The van der Waals surface area contributed by atoms with Gasteiger partial charge in [-0.1, -0.05) is 48.0 Å². The zero-order valence-electron chi connectivity index (χ0n) is 15.9. The first-order valence-corrected chi connectivity index (χ1v) is 11.7. The van der Waals surface area contributed by atoms with E-state index in [1.165, 1.54) is 5.01 Å². The third-order valence-electron chi connectivity index (χ3n) is 4.57. The van der Waals surface area contributed by atoms with Crippen molar-refractivity contribution >= 4 is 80.4 Å². The summed E-state index contributed by atoms with van der Waals surface area (Å²) in [7, 11) is 0. The second kappa shape index (κ2) is 9.58. The lowest BCUT2D eigenvalue weighted by atomic mass is 10.1. The predicted octanol–water partition coefficient (Wildman–Crippen LogP) is 5.59. The molecule has 4 rings (SSSR count). The highest BCUT2D eigenvalue weighted by Crippen LogP contribution is 2.32. The standard InChI is InChI=1S/C23H15ClI2N2O3/c24-18-9-5-4-6-15(18)13-31-21-19(25)11-14(12-20(21)26)10-17-22(29)27-28(23(17)30)16-7-2-1-3-8-16/h1-12H,13H2,(H,27,29)/b17-10-. The molecule has 0 unspecified atom stereocenters. The number of nitrogens with one attached hydrogen (secondary N) is 1. The highest BCUT2D eigenvalue weighted by Gasteiger charge is 2.34. The molecule has 1 fully saturated rings. The molecule has 0 bridgehead atoms. The van der Waals surface area contributed by atoms with Crippen molar-refractivity contribution < 1.29 is 14.3 Å². The van der Waals surface area contributed by atoms with E-state index in [0.717, 1.165) is 24.0 Å². The summed E-state index contributed by atoms with van der Waals surface area (Å²) >= 11 is 10.6. The van der Waals surface area contributed by atoms with Gasteiger partial charge in [0, 0.05) is 10.6 Å². The number of ether oxygens (including phenoxy) is 1. The first-order chi connectivity index (χ1) is 14.9. The number of hydrogen-bond acceptors (Lipinski definition) is 3. The molecule has 0 aromatic heterocycles. The van der Waals surface area contributed by atoms with E-state index in [9.17, 15) is 9.59 Å². The SMILES string of the molecule is O=C1NN(c2ccccc2)C(=O)/C1=C\c1cc(I)c(OCc2ccccc2Cl)c(I)c1. The summed E-state index contributed by atoms with van der Waals surface area (Å²) in [5.74, 6) is -0.0884. The van der Waals surface area contributed by atoms with Gasteiger partial charge in [-0.25, -0.2) is 5.01 Å². The molecule has 1 heterocycles. The summed E-state index contributed by atoms with van der Waals surface area (Å²) in [5, 5.41) is 1.91. The van der Waals surface area contributed by atoms with Gasteiger partial charge in [-0.3, -0.25) is 15.0 Å². The highest BCUT2D eigenvalue weighted by molar-refractivity contribution is 14.1. The van der Waals surface area contributed by atoms with Crippen molar-refractivity contribution in [2.75, 3.05) is 5.01 Å². The minimum Gasteiger partial charge on any atom is -0.487 e. The number of carbonyl (C=O) groups excluding carboxylic acids is 2. The maximum absolute atomic E-state index is 12.8. The molecule has 3 aromatic carbocycles. The number of hydrazine groups is 1. The topological polar surface area (TPSA) is 58.6 Å². The van der Waals surface area contributed by atoms with Gasteiger partial charge in [-0.15, -0.1) is 0 Å². The van der Waals surface area contributed by atoms with Crippen LogP contribution >= 0.6 is 56.8 Å². The Morgan fingerprint density at radius 2 is 1.61 bits per heavy atom. The molecule has 1 aliphatic heterocycles. The van der Waals surface area contributed by atoms with Crippen LogP contribution in [0.25, 0.3) is 6.08 Å². The second-order valence-corrected chi connectivity index (χ2v) is 9.40. The average molecular weight is 657 g/mol. The third kappa shape index (κ3) is 4.88. The summed E-state index contributed by atoms with van der Waals surface area (Å²) in [6.45, 7) is 0.346. The number of anilines is 1. The van der Waals surface area contributed by atoms with Gasteiger partial charge in [0.15, 0.2) is 0 Å². The minimum absolute atomic E-state index is 0.0835. The molecule has 31 heavy (non-hydrogen) atoms. The van der Waals surface area contributed by atoms with Crippen LogP contribution in [0, 0.1) is 7.14 Å². The molecule has 0 radical (unpaired) electrons. The van der Waals surface area contributed by atoms with Gasteiger partial charge in [0.2, 0.25) is 0 Å². The van der Waals surface area contributed by atoms with Crippen molar-refractivity contribution in [1.29, 1.82) is 0 Å². The molecule has 0 atom stereocenters. The van der Waals surface area contributed by atoms with E-state index >= 15 is 0 Å². The smallest absolute Gasteiger partial charge is 0.282 e. The van der Waals surface area contributed by atoms with Gasteiger partial charge in [-0.2, -0.15) is 0 Å². The van der Waals surface area contributed by atoms with E-state index in [4.69, 9.17) is 16.3 Å². The summed E-state index contributed by atoms with van der Waals surface area (Å²) in [6, 6.07) is 20.3. The number of nitrogens with zero attached hydrogens (tertiary/aromatic N) is 1. The minimum atomic E-state index is -0.432. The third-order valence-corrected chi connectivity index (χ3v) is 6.54. The zero-order valence-corrected chi connectivity index (χ0v) is 21.0. The van der Waals surface area contributed by atoms with Gasteiger partial charge >= 0.3 is 0 Å². The van der Waals surface area contributed by atoms with Gasteiger partial charge in [0.05, 0.1) is 12.8 Å². The van der Waals surface area contributed by atoms with E-state index in [1.807, 2.05) is 54.6 Å². The Hall–Kier alpha value is -2.11. The Balaban J connectivity index is 1.56. The zero-order chi connectivity index (χ0) is 22.0. The maximum Gasteiger partial charge on any atom is 0.282 e. The molecule has 5 nitrogen and oxygen atoms in total. The Morgan fingerprint density at radius 3 is 2.29 bits per heavy atom. The van der Waals surface area contributed by atoms with E-state index < -0.39 is 5.91 Å². The fourth-order valence-electron chi connectivity index (χ4n) is 3.05. The van der Waals surface area contributed by atoms with Gasteiger partial charge in [0.25, 0.3) is 11.8 Å². The van der Waals surface area contributed by atoms with Crippen molar-refractivity contribution in [3.8, 4) is 5.75 Å². The van der Waals surface area contributed by atoms with Crippen LogP contribution < -0.4 is 15.2 Å². The van der Waals surface area contributed by atoms with Gasteiger partial charge in [0.1, 0.15) is 17.9 Å². The van der Waals surface area contributed by atoms with Crippen molar-refractivity contribution in [1.82, 2.24) is 5.43 Å². The summed E-state index contributed by atoms with van der Waals surface area (Å²) in [4.78, 5) is 25.2. The largest absolute Gasteiger partial charge is 0.487 e. The average Bonchev–Trinajstić information content (AvgIpc) is 3.03. The predicted molar refractivity (Wildman–Crippen MR) is 138 cm³/mol. The Morgan fingerprint density at radius 1 is 0.968 bits per heavy atom. The fraction of sp³-hybridized carbons (Fsp3) is 0.0435. The number of hydrogen-bond donors (Lipinski definition) is 1. The summed E-state index contributed by atoms with van der Waals surface area (Å²) < 4.78 is 7.74. The Bertz CT molecular complexity index is 1180. The normalized spacial score (nSPS) is 14.8. The lowest BCUT2D eigenvalue weighted by molar-refractivity contribution is -0.117. The molecule has 156 valence electrons. The first kappa shape index (κ1) is 22.1. The van der Waals surface area contributed by atoms with E-state index in [0.29, 0.717) is 17.3 Å². The Labute approximate surface area is 211 Å². The van der Waals surface area contributed by atoms with Crippen LogP contribution in [0.1, 0.15) is 11.1 Å². The van der Waals surface area contributed by atoms with Crippen LogP contribution in [-0.4, -0.2) is 11.8 Å². The number of rotatable bonds is 5. The second-order valence-electron chi connectivity index (χ2n) is 6.67. The molecule has 0 spiro atoms. The lowest BCUT2D eigenvalue weighted by Gasteiger charge is -2.14. The lowest BCUT2D eigenvalue weighted by Crippen LogP contribution is -2.35. The fourth-order valence-corrected chi connectivity index (χ4v) is 5.37. The highest BCUT2D eigenvalue weighted by atomic mass is 127. The van der Waals surface area contributed by atoms with Crippen LogP contribution in [-0.2, 0) is 16.2 Å². The van der Waals surface area contributed by atoms with Crippen LogP contribution in [0.5, 0.6) is 5.75 Å². The van der Waals surface area contributed by atoms with E-state index in [-0.39, 0.29) is 11.5 Å². The molecule has 0 aliphatic carbocycles. The van der Waals surface area contributed by atoms with Crippen LogP contribution in [0.2, 0.25) is 5.02 Å². The van der Waals surface area contributed by atoms with Crippen LogP contribution in [0.15, 0.2) is 72.3 Å². The number of carbonyl (C=O) groups is 2. The molecule has 2 amide bonds. The molecular weight excluding hydrogens is 642 g/mol. The molecule has 1 aliphatic rings. The first-order valence-electron chi connectivity index (χ1n) is 9.21. The van der Waals surface area contributed by atoms with E-state index in [2.05, 4.69) is 50.6 Å². The number of halogens is 3. The molecular formula is C23H15ClI2N2O3. The molecule has 1 saturated heterocycles. The monoisotopic (exact) mass is 656 g/mol. The van der Waals surface area contributed by atoms with Crippen molar-refractivity contribution in [2.24, 2.45) is 0 Å². The summed E-state index contributed by atoms with van der Waals surface area (Å²) in [5.41, 5.74) is 4.94. The van der Waals surface area contributed by atoms with Gasteiger partial charge in [-0.05, 0) is 87.2 Å². The number of amides is 2. The van der Waals surface area contributed by atoms with Gasteiger partial charge < -0.3 is 4.74 Å². The molecule has 1 N–H and O–H groups in total. The summed E-state index contributed by atoms with van der Waals surface area (Å²) in [6.07, 6.45) is 1.60. The number of benzene rings is 3. The quantitative estimate of drug-likeness (QED) is 0.222. The van der Waals surface area contributed by atoms with Crippen molar-refractivity contribution in [3.63, 3.8) is 0 Å². The molecule has 8 heteroatoms. The van der Waals surface area contributed by atoms with Crippen molar-refractivity contribution in [2.45, 2.75) is 6.61 Å². The number of para-hydroxylation sites is 1.